The quantitative estimate of drug-likeness (QED) is 0.691. The zero-order chi connectivity index (χ0) is 15.7. The molecule has 0 atom stereocenters. The van der Waals surface area contributed by atoms with E-state index in [0.29, 0.717) is 6.42 Å². The van der Waals surface area contributed by atoms with Crippen LogP contribution in [0.5, 0.6) is 5.75 Å². The monoisotopic (exact) mass is 357 g/mol. The summed E-state index contributed by atoms with van der Waals surface area (Å²) >= 11 is 3.45. The average molecular weight is 358 g/mol. The lowest BCUT2D eigenvalue weighted by molar-refractivity contribution is -0.129. The Bertz CT molecular complexity index is 451. The highest BCUT2D eigenvalue weighted by molar-refractivity contribution is 9.10. The van der Waals surface area contributed by atoms with Crippen LogP contribution in [0.15, 0.2) is 22.7 Å². The molecule has 0 aromatic heterocycles. The minimum atomic E-state index is 0.158. The number of methoxy groups -OCH3 is 1. The zero-order valence-corrected chi connectivity index (χ0v) is 14.4. The molecule has 1 rings (SSSR count). The number of aliphatic hydroxyl groups is 1. The highest BCUT2D eigenvalue weighted by Crippen LogP contribution is 2.26. The second-order valence-electron chi connectivity index (χ2n) is 5.07. The molecule has 1 aromatic carbocycles. The van der Waals surface area contributed by atoms with E-state index in [1.165, 1.54) is 0 Å². The first-order chi connectivity index (χ1) is 10.1. The number of carbonyl (C=O) groups excluding carboxylic acids is 1. The molecular weight excluding hydrogens is 334 g/mol. The van der Waals surface area contributed by atoms with Crippen molar-refractivity contribution in [2.75, 3.05) is 27.3 Å². The van der Waals surface area contributed by atoms with Gasteiger partial charge in [0.2, 0.25) is 5.91 Å². The number of hydrogen-bond donors (Lipinski definition) is 1. The van der Waals surface area contributed by atoms with Crippen molar-refractivity contribution in [2.24, 2.45) is 0 Å². The predicted molar refractivity (Wildman–Crippen MR) is 87.6 cm³/mol. The number of aliphatic hydroxyl groups excluding tert-OH is 1. The molecule has 0 aliphatic rings. The Labute approximate surface area is 135 Å². The Morgan fingerprint density at radius 2 is 2.10 bits per heavy atom. The summed E-state index contributed by atoms with van der Waals surface area (Å²) in [5, 5.41) is 8.72. The summed E-state index contributed by atoms with van der Waals surface area (Å²) in [7, 11) is 3.47. The molecule has 1 N–H and O–H groups in total. The average Bonchev–Trinajstić information content (AvgIpc) is 2.49. The van der Waals surface area contributed by atoms with E-state index in [4.69, 9.17) is 9.84 Å². The van der Waals surface area contributed by atoms with Crippen molar-refractivity contribution in [1.82, 2.24) is 4.90 Å². The van der Waals surface area contributed by atoms with Crippen LogP contribution in [0.1, 0.15) is 31.2 Å². The third-order valence-corrected chi connectivity index (χ3v) is 4.04. The van der Waals surface area contributed by atoms with Crippen molar-refractivity contribution >= 4 is 21.8 Å². The van der Waals surface area contributed by atoms with Gasteiger partial charge < -0.3 is 14.7 Å². The molecule has 0 radical (unpaired) electrons. The summed E-state index contributed by atoms with van der Waals surface area (Å²) in [6.07, 6.45) is 3.94. The number of carbonyl (C=O) groups is 1. The van der Waals surface area contributed by atoms with Crippen LogP contribution >= 0.6 is 15.9 Å². The number of aryl methyl sites for hydroxylation is 1. The van der Waals surface area contributed by atoms with Crippen molar-refractivity contribution in [3.63, 3.8) is 0 Å². The Morgan fingerprint density at radius 3 is 2.71 bits per heavy atom. The van der Waals surface area contributed by atoms with Crippen LogP contribution in [-0.2, 0) is 11.2 Å². The lowest BCUT2D eigenvalue weighted by atomic mass is 10.1. The van der Waals surface area contributed by atoms with Gasteiger partial charge in [-0.15, -0.1) is 0 Å². The fraction of sp³-hybridized carbons (Fsp3) is 0.562. The molecule has 0 saturated carbocycles. The fourth-order valence-corrected chi connectivity index (χ4v) is 2.66. The lowest BCUT2D eigenvalue weighted by Crippen LogP contribution is -2.27. The molecule has 0 aliphatic carbocycles. The van der Waals surface area contributed by atoms with Gasteiger partial charge in [-0.25, -0.2) is 0 Å². The van der Waals surface area contributed by atoms with E-state index < -0.39 is 0 Å². The van der Waals surface area contributed by atoms with E-state index in [9.17, 15) is 4.79 Å². The molecule has 0 fully saturated rings. The smallest absolute Gasteiger partial charge is 0.222 e. The van der Waals surface area contributed by atoms with E-state index in [-0.39, 0.29) is 12.5 Å². The highest BCUT2D eigenvalue weighted by atomic mass is 79.9. The van der Waals surface area contributed by atoms with Crippen LogP contribution in [0.4, 0.5) is 0 Å². The fourth-order valence-electron chi connectivity index (χ4n) is 2.07. The first-order valence-electron chi connectivity index (χ1n) is 7.25. The van der Waals surface area contributed by atoms with Gasteiger partial charge in [0, 0.05) is 26.6 Å². The van der Waals surface area contributed by atoms with Crippen molar-refractivity contribution < 1.29 is 14.6 Å². The second kappa shape index (κ2) is 9.79. The van der Waals surface area contributed by atoms with Crippen LogP contribution in [-0.4, -0.2) is 43.2 Å². The van der Waals surface area contributed by atoms with Gasteiger partial charge >= 0.3 is 0 Å². The lowest BCUT2D eigenvalue weighted by Gasteiger charge is -2.17. The maximum atomic E-state index is 12.0. The number of halogens is 1. The van der Waals surface area contributed by atoms with Crippen molar-refractivity contribution in [3.05, 3.63) is 28.2 Å². The molecule has 118 valence electrons. The van der Waals surface area contributed by atoms with Crippen molar-refractivity contribution in [1.29, 1.82) is 0 Å². The van der Waals surface area contributed by atoms with Gasteiger partial charge in [0.15, 0.2) is 0 Å². The number of unbranched alkanes of at least 4 members (excludes halogenated alkanes) is 2. The number of amides is 1. The topological polar surface area (TPSA) is 49.8 Å². The third kappa shape index (κ3) is 6.48. The van der Waals surface area contributed by atoms with Crippen molar-refractivity contribution in [2.45, 2.75) is 32.1 Å². The van der Waals surface area contributed by atoms with Crippen LogP contribution < -0.4 is 4.74 Å². The van der Waals surface area contributed by atoms with E-state index in [1.54, 1.807) is 12.0 Å². The Morgan fingerprint density at radius 1 is 1.33 bits per heavy atom. The summed E-state index contributed by atoms with van der Waals surface area (Å²) in [5.74, 6) is 0.956. The molecule has 0 unspecified atom stereocenters. The Balaban J connectivity index is 2.36. The van der Waals surface area contributed by atoms with E-state index in [0.717, 1.165) is 48.0 Å². The van der Waals surface area contributed by atoms with E-state index in [1.807, 2.05) is 25.2 Å². The van der Waals surface area contributed by atoms with E-state index >= 15 is 0 Å². The minimum absolute atomic E-state index is 0.158. The molecule has 0 saturated heterocycles. The van der Waals surface area contributed by atoms with Crippen LogP contribution in [0.25, 0.3) is 0 Å². The number of ether oxygens (including phenoxy) is 1. The standard InChI is InChI=1S/C16H24BrNO3/c1-18(10-4-3-5-11-19)16(20)9-7-13-6-8-15(21-2)14(17)12-13/h6,8,12,19H,3-5,7,9-11H2,1-2H3. The maximum absolute atomic E-state index is 12.0. The summed E-state index contributed by atoms with van der Waals surface area (Å²) in [5.41, 5.74) is 1.12. The summed E-state index contributed by atoms with van der Waals surface area (Å²) < 4.78 is 6.10. The van der Waals surface area contributed by atoms with Gasteiger partial charge in [-0.3, -0.25) is 4.79 Å². The van der Waals surface area contributed by atoms with Gasteiger partial charge in [0.25, 0.3) is 0 Å². The number of hydrogen-bond acceptors (Lipinski definition) is 3. The summed E-state index contributed by atoms with van der Waals surface area (Å²) in [6, 6.07) is 5.88. The Kier molecular flexibility index (Phi) is 8.38. The van der Waals surface area contributed by atoms with Crippen LogP contribution in [0.2, 0.25) is 0 Å². The summed E-state index contributed by atoms with van der Waals surface area (Å²) in [4.78, 5) is 13.8. The maximum Gasteiger partial charge on any atom is 0.222 e. The van der Waals surface area contributed by atoms with Gasteiger partial charge in [0.05, 0.1) is 11.6 Å². The van der Waals surface area contributed by atoms with Gasteiger partial charge in [-0.1, -0.05) is 6.07 Å². The first-order valence-corrected chi connectivity index (χ1v) is 8.05. The SMILES string of the molecule is COc1ccc(CCC(=O)N(C)CCCCCO)cc1Br. The summed E-state index contributed by atoms with van der Waals surface area (Å²) in [6.45, 7) is 0.981. The van der Waals surface area contributed by atoms with E-state index in [2.05, 4.69) is 15.9 Å². The number of rotatable bonds is 9. The van der Waals surface area contributed by atoms with Crippen molar-refractivity contribution in [3.8, 4) is 5.75 Å². The third-order valence-electron chi connectivity index (χ3n) is 3.42. The number of benzene rings is 1. The molecule has 0 bridgehead atoms. The van der Waals surface area contributed by atoms with Gasteiger partial charge in [0.1, 0.15) is 5.75 Å². The molecule has 21 heavy (non-hydrogen) atoms. The highest BCUT2D eigenvalue weighted by Gasteiger charge is 2.09. The molecular formula is C16H24BrNO3. The molecule has 0 heterocycles. The first kappa shape index (κ1) is 18.0. The number of nitrogens with zero attached hydrogens (tertiary/aromatic N) is 1. The molecule has 5 heteroatoms. The minimum Gasteiger partial charge on any atom is -0.496 e. The van der Waals surface area contributed by atoms with Crippen LogP contribution in [0.3, 0.4) is 0 Å². The van der Waals surface area contributed by atoms with Gasteiger partial charge in [-0.2, -0.15) is 0 Å². The molecule has 4 nitrogen and oxygen atoms in total. The Hall–Kier alpha value is -1.07. The normalized spacial score (nSPS) is 10.5. The van der Waals surface area contributed by atoms with Gasteiger partial charge in [-0.05, 0) is 59.3 Å². The zero-order valence-electron chi connectivity index (χ0n) is 12.8. The predicted octanol–water partition coefficient (Wildman–Crippen LogP) is 3.01. The molecule has 1 amide bonds. The largest absolute Gasteiger partial charge is 0.496 e. The second-order valence-corrected chi connectivity index (χ2v) is 5.92. The molecule has 0 aliphatic heterocycles. The van der Waals surface area contributed by atoms with Crippen LogP contribution in [0, 0.1) is 0 Å². The molecule has 1 aromatic rings. The molecule has 0 spiro atoms.